The maximum Gasteiger partial charge on any atom is 0.236 e. The van der Waals surface area contributed by atoms with Crippen molar-refractivity contribution in [1.29, 1.82) is 0 Å². The third-order valence-corrected chi connectivity index (χ3v) is 9.73. The largest absolute Gasteiger partial charge is 0.324 e. The van der Waals surface area contributed by atoms with Gasteiger partial charge in [0.25, 0.3) is 0 Å². The maximum absolute atomic E-state index is 13.1. The fraction of sp³-hybridized carbons (Fsp3) is 0.542. The summed E-state index contributed by atoms with van der Waals surface area (Å²) in [5.74, 6) is 1.11. The minimum atomic E-state index is -0.960. The lowest BCUT2D eigenvalue weighted by Crippen LogP contribution is -2.50. The van der Waals surface area contributed by atoms with Crippen LogP contribution in [0.1, 0.15) is 51.0 Å². The topological polar surface area (TPSA) is 87.2 Å². The third kappa shape index (κ3) is 3.27. The Balaban J connectivity index is 1.08. The number of anilines is 3. The Morgan fingerprint density at radius 3 is 2.53 bits per heavy atom. The molecular formula is C24H29N5O2S. The number of piperidine rings is 1. The molecule has 1 saturated heterocycles. The molecule has 0 bridgehead atoms. The van der Waals surface area contributed by atoms with E-state index in [2.05, 4.69) is 32.4 Å². The molecule has 1 aromatic carbocycles. The molecule has 2 aromatic rings. The van der Waals surface area contributed by atoms with Crippen molar-refractivity contribution in [2.45, 2.75) is 61.0 Å². The van der Waals surface area contributed by atoms with Crippen LogP contribution in [0.4, 0.5) is 17.5 Å². The van der Waals surface area contributed by atoms with E-state index in [1.165, 1.54) is 25.9 Å². The lowest BCUT2D eigenvalue weighted by Gasteiger charge is -2.51. The van der Waals surface area contributed by atoms with Gasteiger partial charge in [0, 0.05) is 27.6 Å². The maximum atomic E-state index is 13.1. The molecule has 2 saturated carbocycles. The van der Waals surface area contributed by atoms with Crippen LogP contribution in [-0.4, -0.2) is 49.9 Å². The molecule has 1 atom stereocenters. The summed E-state index contributed by atoms with van der Waals surface area (Å²) in [4.78, 5) is 24.5. The van der Waals surface area contributed by atoms with Crippen LogP contribution in [0.15, 0.2) is 35.4 Å². The number of aromatic nitrogens is 2. The highest BCUT2D eigenvalue weighted by Crippen LogP contribution is 2.54. The molecule has 6 rings (SSSR count). The number of likely N-dealkylation sites (tertiary alicyclic amines) is 1. The highest BCUT2D eigenvalue weighted by molar-refractivity contribution is 7.85. The van der Waals surface area contributed by atoms with Crippen molar-refractivity contribution in [3.8, 4) is 0 Å². The number of rotatable bonds is 5. The second-order valence-corrected chi connectivity index (χ2v) is 11.6. The van der Waals surface area contributed by atoms with E-state index in [-0.39, 0.29) is 16.6 Å². The summed E-state index contributed by atoms with van der Waals surface area (Å²) in [7, 11) is -0.960. The van der Waals surface area contributed by atoms with Crippen molar-refractivity contribution >= 4 is 34.2 Å². The first-order chi connectivity index (χ1) is 15.5. The highest BCUT2D eigenvalue weighted by Gasteiger charge is 2.57. The average Bonchev–Trinajstić information content (AvgIpc) is 3.55. The summed E-state index contributed by atoms with van der Waals surface area (Å²) in [5, 5.41) is 6.36. The van der Waals surface area contributed by atoms with Gasteiger partial charge in [0.1, 0.15) is 5.82 Å². The van der Waals surface area contributed by atoms with E-state index in [0.29, 0.717) is 17.2 Å². The van der Waals surface area contributed by atoms with E-state index < -0.39 is 10.8 Å². The van der Waals surface area contributed by atoms with Gasteiger partial charge >= 0.3 is 0 Å². The molecule has 2 spiro atoms. The number of hydrogen-bond donors (Lipinski definition) is 2. The number of amides is 1. The van der Waals surface area contributed by atoms with E-state index in [1.54, 1.807) is 6.20 Å². The standard InChI is InChI=1S/C24H29N5O2S/c1-2-29-11-9-23(10-12-29)13-18(14-23)32(31)17-5-3-16(4-6-17)26-22-25-15-19-20(28-22)27-21(30)24(19)7-8-24/h3-6,15,18H,2,7-14H2,1H3,(H2,25,26,27,28,30). The van der Waals surface area contributed by atoms with Gasteiger partial charge in [0.15, 0.2) is 0 Å². The third-order valence-electron chi connectivity index (χ3n) is 8.05. The summed E-state index contributed by atoms with van der Waals surface area (Å²) in [6, 6.07) is 7.74. The van der Waals surface area contributed by atoms with Crippen LogP contribution < -0.4 is 10.6 Å². The predicted molar refractivity (Wildman–Crippen MR) is 125 cm³/mol. The first-order valence-corrected chi connectivity index (χ1v) is 12.9. The van der Waals surface area contributed by atoms with Gasteiger partial charge < -0.3 is 15.5 Å². The first-order valence-electron chi connectivity index (χ1n) is 11.7. The van der Waals surface area contributed by atoms with Crippen LogP contribution in [0.25, 0.3) is 0 Å². The highest BCUT2D eigenvalue weighted by atomic mass is 32.2. The van der Waals surface area contributed by atoms with E-state index in [1.807, 2.05) is 24.3 Å². The Labute approximate surface area is 190 Å². The van der Waals surface area contributed by atoms with Crippen LogP contribution in [0.3, 0.4) is 0 Å². The Kier molecular flexibility index (Phi) is 4.66. The van der Waals surface area contributed by atoms with Crippen LogP contribution in [0.2, 0.25) is 0 Å². The number of nitrogens with zero attached hydrogens (tertiary/aromatic N) is 3. The number of carbonyl (C=O) groups excluding carboxylic acids is 1. The molecule has 1 amide bonds. The lowest BCUT2D eigenvalue weighted by atomic mass is 9.63. The van der Waals surface area contributed by atoms with Crippen molar-refractivity contribution in [2.75, 3.05) is 30.3 Å². The quantitative estimate of drug-likeness (QED) is 0.723. The van der Waals surface area contributed by atoms with Crippen LogP contribution >= 0.6 is 0 Å². The number of carbonyl (C=O) groups is 1. The van der Waals surface area contributed by atoms with Crippen LogP contribution in [-0.2, 0) is 21.0 Å². The molecule has 32 heavy (non-hydrogen) atoms. The van der Waals surface area contributed by atoms with Gasteiger partial charge in [-0.2, -0.15) is 4.98 Å². The Bertz CT molecular complexity index is 1080. The smallest absolute Gasteiger partial charge is 0.236 e. The molecule has 1 aromatic heterocycles. The SMILES string of the molecule is CCN1CCC2(CC1)CC(S(=O)c1ccc(Nc3ncc4c(n3)NC(=O)C43CC3)cc1)C2. The van der Waals surface area contributed by atoms with Gasteiger partial charge in [-0.15, -0.1) is 0 Å². The van der Waals surface area contributed by atoms with Crippen LogP contribution in [0, 0.1) is 5.41 Å². The number of hydrogen-bond acceptors (Lipinski definition) is 6. The fourth-order valence-electron chi connectivity index (χ4n) is 5.66. The Morgan fingerprint density at radius 1 is 1.16 bits per heavy atom. The summed E-state index contributed by atoms with van der Waals surface area (Å²) in [5.41, 5.74) is 1.82. The zero-order valence-electron chi connectivity index (χ0n) is 18.4. The van der Waals surface area contributed by atoms with Crippen molar-refractivity contribution in [2.24, 2.45) is 5.41 Å². The minimum Gasteiger partial charge on any atom is -0.324 e. The first kappa shape index (κ1) is 20.3. The molecule has 2 aliphatic carbocycles. The van der Waals surface area contributed by atoms with Crippen LogP contribution in [0.5, 0.6) is 0 Å². The second-order valence-electron chi connectivity index (χ2n) is 9.90. The molecule has 8 heteroatoms. The summed E-state index contributed by atoms with van der Waals surface area (Å²) in [6.07, 6.45) is 8.19. The Hall–Kier alpha value is -2.32. The molecule has 0 radical (unpaired) electrons. The van der Waals surface area contributed by atoms with Crippen molar-refractivity contribution in [3.05, 3.63) is 36.0 Å². The molecule has 7 nitrogen and oxygen atoms in total. The van der Waals surface area contributed by atoms with E-state index >= 15 is 0 Å². The zero-order chi connectivity index (χ0) is 21.9. The Morgan fingerprint density at radius 2 is 1.88 bits per heavy atom. The summed E-state index contributed by atoms with van der Waals surface area (Å²) < 4.78 is 13.1. The fourth-order valence-corrected chi connectivity index (χ4v) is 7.46. The second kappa shape index (κ2) is 7.35. The van der Waals surface area contributed by atoms with Crippen molar-refractivity contribution in [1.82, 2.24) is 14.9 Å². The van der Waals surface area contributed by atoms with E-state index in [4.69, 9.17) is 0 Å². The van der Waals surface area contributed by atoms with Gasteiger partial charge in [0.2, 0.25) is 11.9 Å². The number of benzene rings is 1. The van der Waals surface area contributed by atoms with Gasteiger partial charge in [0.05, 0.1) is 16.2 Å². The molecule has 3 heterocycles. The van der Waals surface area contributed by atoms with Gasteiger partial charge in [-0.25, -0.2) is 4.98 Å². The predicted octanol–water partition coefficient (Wildman–Crippen LogP) is 3.58. The monoisotopic (exact) mass is 451 g/mol. The normalized spacial score (nSPS) is 24.1. The number of fused-ring (bicyclic) bond motifs is 2. The minimum absolute atomic E-state index is 0.0412. The molecule has 2 N–H and O–H groups in total. The van der Waals surface area contributed by atoms with E-state index in [9.17, 15) is 9.00 Å². The molecule has 3 fully saturated rings. The van der Waals surface area contributed by atoms with E-state index in [0.717, 1.165) is 48.4 Å². The van der Waals surface area contributed by atoms with Gasteiger partial charge in [-0.1, -0.05) is 6.92 Å². The molecule has 4 aliphatic rings. The molecule has 1 unspecified atom stereocenters. The number of nitrogens with one attached hydrogen (secondary N) is 2. The van der Waals surface area contributed by atoms with Gasteiger partial charge in [-0.3, -0.25) is 9.00 Å². The molecular weight excluding hydrogens is 422 g/mol. The average molecular weight is 452 g/mol. The van der Waals surface area contributed by atoms with Gasteiger partial charge in [-0.05, 0) is 87.8 Å². The lowest BCUT2D eigenvalue weighted by molar-refractivity contribution is -0.117. The van der Waals surface area contributed by atoms with Crippen molar-refractivity contribution in [3.63, 3.8) is 0 Å². The zero-order valence-corrected chi connectivity index (χ0v) is 19.2. The summed E-state index contributed by atoms with van der Waals surface area (Å²) in [6.45, 7) is 5.74. The molecule has 2 aliphatic heterocycles. The van der Waals surface area contributed by atoms with Crippen molar-refractivity contribution < 1.29 is 9.00 Å². The summed E-state index contributed by atoms with van der Waals surface area (Å²) >= 11 is 0. The molecule has 168 valence electrons.